The molecule has 0 radical (unpaired) electrons. The lowest BCUT2D eigenvalue weighted by Gasteiger charge is -2.13. The second-order valence-electron chi connectivity index (χ2n) is 4.46. The Labute approximate surface area is 116 Å². The molecule has 1 unspecified atom stereocenters. The van der Waals surface area contributed by atoms with Gasteiger partial charge in [0.25, 0.3) is 0 Å². The van der Waals surface area contributed by atoms with Crippen LogP contribution in [0.1, 0.15) is 11.5 Å². The number of ether oxygens (including phenoxy) is 1. The van der Waals surface area contributed by atoms with Gasteiger partial charge in [-0.05, 0) is 19.1 Å². The second kappa shape index (κ2) is 7.02. The van der Waals surface area contributed by atoms with E-state index in [-0.39, 0.29) is 12.4 Å². The van der Waals surface area contributed by atoms with Crippen LogP contribution < -0.4 is 10.1 Å². The predicted molar refractivity (Wildman–Crippen MR) is 70.8 cm³/mol. The average Bonchev–Trinajstić information content (AvgIpc) is 2.83. The number of hydrogen-bond donors (Lipinski definition) is 2. The van der Waals surface area contributed by atoms with Gasteiger partial charge in [-0.15, -0.1) is 0 Å². The van der Waals surface area contributed by atoms with Gasteiger partial charge in [0, 0.05) is 12.6 Å². The normalized spacial score (nSPS) is 12.3. The number of rotatable bonds is 7. The quantitative estimate of drug-likeness (QED) is 0.807. The first kappa shape index (κ1) is 14.5. The number of aromatic nitrogens is 1. The number of hydrogen-bond acceptors (Lipinski definition) is 5. The van der Waals surface area contributed by atoms with Gasteiger partial charge >= 0.3 is 0 Å². The number of aryl methyl sites for hydroxylation is 1. The summed E-state index contributed by atoms with van der Waals surface area (Å²) in [5.74, 6) is 0.395. The maximum Gasteiger partial charge on any atom is 0.165 e. The van der Waals surface area contributed by atoms with Crippen molar-refractivity contribution in [3.63, 3.8) is 0 Å². The molecule has 0 bridgehead atoms. The van der Waals surface area contributed by atoms with Crippen LogP contribution in [-0.4, -0.2) is 29.5 Å². The zero-order valence-electron chi connectivity index (χ0n) is 11.2. The summed E-state index contributed by atoms with van der Waals surface area (Å²) in [5, 5.41) is 16.5. The standard InChI is InChI=1S/C14H17FN2O3/c1-10-6-12(20-17-10)8-16-7-11(18)9-19-14-5-3-2-4-13(14)15/h2-6,11,16,18H,7-9H2,1H3. The number of benzene rings is 1. The number of nitrogens with zero attached hydrogens (tertiary/aromatic N) is 1. The van der Waals surface area contributed by atoms with E-state index in [4.69, 9.17) is 9.26 Å². The lowest BCUT2D eigenvalue weighted by Crippen LogP contribution is -2.31. The van der Waals surface area contributed by atoms with Crippen LogP contribution in [0.15, 0.2) is 34.9 Å². The Bertz CT molecular complexity index is 545. The molecule has 0 saturated heterocycles. The zero-order chi connectivity index (χ0) is 14.4. The van der Waals surface area contributed by atoms with E-state index in [1.807, 2.05) is 13.0 Å². The fourth-order valence-corrected chi connectivity index (χ4v) is 1.67. The van der Waals surface area contributed by atoms with Crippen molar-refractivity contribution in [3.8, 4) is 5.75 Å². The highest BCUT2D eigenvalue weighted by Gasteiger charge is 2.08. The minimum absolute atomic E-state index is 0.0172. The Balaban J connectivity index is 1.68. The molecule has 20 heavy (non-hydrogen) atoms. The highest BCUT2D eigenvalue weighted by atomic mass is 19.1. The fourth-order valence-electron chi connectivity index (χ4n) is 1.67. The molecule has 6 heteroatoms. The van der Waals surface area contributed by atoms with Gasteiger partial charge in [-0.1, -0.05) is 17.3 Å². The van der Waals surface area contributed by atoms with Gasteiger partial charge in [-0.3, -0.25) is 0 Å². The van der Waals surface area contributed by atoms with E-state index >= 15 is 0 Å². The summed E-state index contributed by atoms with van der Waals surface area (Å²) in [6, 6.07) is 7.91. The monoisotopic (exact) mass is 280 g/mol. The minimum Gasteiger partial charge on any atom is -0.488 e. The molecule has 2 aromatic rings. The number of aliphatic hydroxyl groups excluding tert-OH is 1. The number of halogens is 1. The van der Waals surface area contributed by atoms with E-state index in [0.717, 1.165) is 5.69 Å². The zero-order valence-corrected chi connectivity index (χ0v) is 11.2. The Morgan fingerprint density at radius 1 is 1.45 bits per heavy atom. The molecule has 5 nitrogen and oxygen atoms in total. The third-order valence-corrected chi connectivity index (χ3v) is 2.62. The first-order valence-corrected chi connectivity index (χ1v) is 6.33. The van der Waals surface area contributed by atoms with Crippen molar-refractivity contribution >= 4 is 0 Å². The van der Waals surface area contributed by atoms with Crippen molar-refractivity contribution in [3.05, 3.63) is 47.6 Å². The van der Waals surface area contributed by atoms with Crippen molar-refractivity contribution < 1.29 is 18.8 Å². The summed E-state index contributed by atoms with van der Waals surface area (Å²) >= 11 is 0. The van der Waals surface area contributed by atoms with Crippen molar-refractivity contribution in [2.24, 2.45) is 0 Å². The van der Waals surface area contributed by atoms with Crippen LogP contribution in [0.3, 0.4) is 0 Å². The SMILES string of the molecule is Cc1cc(CNCC(O)COc2ccccc2F)on1. The van der Waals surface area contributed by atoms with Gasteiger partial charge in [0.05, 0.1) is 12.2 Å². The van der Waals surface area contributed by atoms with Gasteiger partial charge in [-0.2, -0.15) is 0 Å². The summed E-state index contributed by atoms with van der Waals surface area (Å²) in [4.78, 5) is 0. The molecule has 2 rings (SSSR count). The van der Waals surface area contributed by atoms with Crippen LogP contribution >= 0.6 is 0 Å². The summed E-state index contributed by atoms with van der Waals surface area (Å²) in [6.07, 6.45) is -0.737. The number of aliphatic hydroxyl groups is 1. The lowest BCUT2D eigenvalue weighted by molar-refractivity contribution is 0.103. The molecule has 1 atom stereocenters. The van der Waals surface area contributed by atoms with Gasteiger partial charge in [0.15, 0.2) is 17.3 Å². The Morgan fingerprint density at radius 2 is 2.25 bits per heavy atom. The number of para-hydroxylation sites is 1. The summed E-state index contributed by atoms with van der Waals surface area (Å²) in [7, 11) is 0. The maximum absolute atomic E-state index is 13.3. The van der Waals surface area contributed by atoms with Crippen LogP contribution in [-0.2, 0) is 6.54 Å². The Hall–Kier alpha value is -1.92. The van der Waals surface area contributed by atoms with Crippen LogP contribution in [0.5, 0.6) is 5.75 Å². The smallest absolute Gasteiger partial charge is 0.165 e. The topological polar surface area (TPSA) is 67.5 Å². The van der Waals surface area contributed by atoms with E-state index in [1.54, 1.807) is 12.1 Å². The minimum atomic E-state index is -0.737. The molecule has 0 aliphatic carbocycles. The first-order valence-electron chi connectivity index (χ1n) is 6.33. The van der Waals surface area contributed by atoms with E-state index in [1.165, 1.54) is 12.1 Å². The fraction of sp³-hybridized carbons (Fsp3) is 0.357. The Morgan fingerprint density at radius 3 is 2.95 bits per heavy atom. The van der Waals surface area contributed by atoms with Gasteiger partial charge in [0.2, 0.25) is 0 Å². The van der Waals surface area contributed by atoms with Gasteiger partial charge in [-0.25, -0.2) is 4.39 Å². The van der Waals surface area contributed by atoms with E-state index in [2.05, 4.69) is 10.5 Å². The molecule has 0 aliphatic heterocycles. The molecule has 108 valence electrons. The van der Waals surface area contributed by atoms with Gasteiger partial charge < -0.3 is 19.7 Å². The van der Waals surface area contributed by atoms with Crippen molar-refractivity contribution in [2.75, 3.05) is 13.2 Å². The maximum atomic E-state index is 13.3. The highest BCUT2D eigenvalue weighted by molar-refractivity contribution is 5.23. The predicted octanol–water partition coefficient (Wildman–Crippen LogP) is 1.65. The first-order chi connectivity index (χ1) is 9.65. The molecule has 2 N–H and O–H groups in total. The number of nitrogens with one attached hydrogen (secondary N) is 1. The van der Waals surface area contributed by atoms with E-state index < -0.39 is 11.9 Å². The molecular weight excluding hydrogens is 263 g/mol. The molecule has 1 heterocycles. The highest BCUT2D eigenvalue weighted by Crippen LogP contribution is 2.15. The lowest BCUT2D eigenvalue weighted by atomic mass is 10.3. The summed E-state index contributed by atoms with van der Waals surface area (Å²) in [5.41, 5.74) is 0.810. The van der Waals surface area contributed by atoms with Crippen LogP contribution in [0, 0.1) is 12.7 Å². The molecule has 0 spiro atoms. The molecular formula is C14H17FN2O3. The van der Waals surface area contributed by atoms with E-state index in [9.17, 15) is 9.50 Å². The van der Waals surface area contributed by atoms with E-state index in [0.29, 0.717) is 18.8 Å². The molecule has 0 saturated carbocycles. The molecule has 0 amide bonds. The Kier molecular flexibility index (Phi) is 5.09. The van der Waals surface area contributed by atoms with Gasteiger partial charge in [0.1, 0.15) is 12.7 Å². The summed E-state index contributed by atoms with van der Waals surface area (Å²) < 4.78 is 23.5. The van der Waals surface area contributed by atoms with Crippen molar-refractivity contribution in [1.29, 1.82) is 0 Å². The van der Waals surface area contributed by atoms with Crippen molar-refractivity contribution in [2.45, 2.75) is 19.6 Å². The summed E-state index contributed by atoms with van der Waals surface area (Å²) in [6.45, 7) is 2.64. The molecule has 1 aromatic heterocycles. The second-order valence-corrected chi connectivity index (χ2v) is 4.46. The van der Waals surface area contributed by atoms with Crippen LogP contribution in [0.2, 0.25) is 0 Å². The largest absolute Gasteiger partial charge is 0.488 e. The average molecular weight is 280 g/mol. The third-order valence-electron chi connectivity index (χ3n) is 2.62. The molecule has 0 fully saturated rings. The third kappa shape index (κ3) is 4.32. The van der Waals surface area contributed by atoms with Crippen LogP contribution in [0.25, 0.3) is 0 Å². The van der Waals surface area contributed by atoms with Crippen LogP contribution in [0.4, 0.5) is 4.39 Å². The van der Waals surface area contributed by atoms with Crippen molar-refractivity contribution in [1.82, 2.24) is 10.5 Å². The molecule has 0 aliphatic rings. The molecule has 1 aromatic carbocycles.